The van der Waals surface area contributed by atoms with Gasteiger partial charge in [-0.2, -0.15) is 5.10 Å². The molecule has 8 heteroatoms. The third-order valence-electron chi connectivity index (χ3n) is 3.53. The maximum Gasteiger partial charge on any atom is 0.338 e. The summed E-state index contributed by atoms with van der Waals surface area (Å²) in [4.78, 5) is 23.9. The molecule has 2 rings (SSSR count). The van der Waals surface area contributed by atoms with Crippen molar-refractivity contribution in [3.8, 4) is 0 Å². The molecule has 0 saturated carbocycles. The van der Waals surface area contributed by atoms with E-state index in [0.717, 1.165) is 11.1 Å². The van der Waals surface area contributed by atoms with Gasteiger partial charge in [-0.25, -0.2) is 4.79 Å². The minimum atomic E-state index is -0.575. The summed E-state index contributed by atoms with van der Waals surface area (Å²) >= 11 is 4.99. The Morgan fingerprint density at radius 2 is 1.79 bits per heavy atom. The first-order valence-electron chi connectivity index (χ1n) is 8.68. The van der Waals surface area contributed by atoms with Gasteiger partial charge in [-0.1, -0.05) is 29.8 Å². The Kier molecular flexibility index (Phi) is 8.11. The van der Waals surface area contributed by atoms with Crippen molar-refractivity contribution in [3.05, 3.63) is 65.2 Å². The van der Waals surface area contributed by atoms with Gasteiger partial charge in [0.2, 0.25) is 0 Å². The maximum atomic E-state index is 12.1. The molecule has 0 fully saturated rings. The Morgan fingerprint density at radius 1 is 1.11 bits per heavy atom. The van der Waals surface area contributed by atoms with Crippen molar-refractivity contribution in [2.24, 2.45) is 5.10 Å². The highest BCUT2D eigenvalue weighted by atomic mass is 32.1. The van der Waals surface area contributed by atoms with Crippen molar-refractivity contribution >= 4 is 41.1 Å². The zero-order chi connectivity index (χ0) is 20.4. The highest BCUT2D eigenvalue weighted by Gasteiger charge is 2.10. The van der Waals surface area contributed by atoms with Crippen molar-refractivity contribution in [3.63, 3.8) is 0 Å². The van der Waals surface area contributed by atoms with E-state index in [1.165, 1.54) is 0 Å². The maximum absolute atomic E-state index is 12.1. The molecular weight excluding hydrogens is 376 g/mol. The number of aryl methyl sites for hydroxylation is 1. The molecule has 3 N–H and O–H groups in total. The number of nitrogens with zero attached hydrogens (tertiary/aromatic N) is 1. The van der Waals surface area contributed by atoms with Gasteiger partial charge in [0, 0.05) is 12.2 Å². The van der Waals surface area contributed by atoms with E-state index in [9.17, 15) is 9.59 Å². The zero-order valence-electron chi connectivity index (χ0n) is 15.7. The quantitative estimate of drug-likeness (QED) is 0.287. The molecule has 0 atom stereocenters. The highest BCUT2D eigenvalue weighted by molar-refractivity contribution is 7.80. The monoisotopic (exact) mass is 398 g/mol. The molecule has 0 aliphatic heterocycles. The van der Waals surface area contributed by atoms with Gasteiger partial charge in [0.15, 0.2) is 11.7 Å². The van der Waals surface area contributed by atoms with Crippen molar-refractivity contribution in [2.75, 3.05) is 18.5 Å². The lowest BCUT2D eigenvalue weighted by Gasteiger charge is -2.07. The second-order valence-corrected chi connectivity index (χ2v) is 6.25. The second kappa shape index (κ2) is 10.8. The van der Waals surface area contributed by atoms with E-state index in [1.807, 2.05) is 26.0 Å². The summed E-state index contributed by atoms with van der Waals surface area (Å²) in [5.74, 6) is -0.974. The minimum Gasteiger partial charge on any atom is -0.452 e. The SMILES string of the molecule is CCNC(=S)N/N=C/c1ccc(C(=O)OCC(=O)Nc2ccc(C)cc2)cc1. The van der Waals surface area contributed by atoms with Crippen molar-refractivity contribution in [2.45, 2.75) is 13.8 Å². The molecule has 0 saturated heterocycles. The van der Waals surface area contributed by atoms with Crippen LogP contribution in [-0.4, -0.2) is 36.4 Å². The van der Waals surface area contributed by atoms with E-state index in [4.69, 9.17) is 17.0 Å². The van der Waals surface area contributed by atoms with Crippen LogP contribution < -0.4 is 16.1 Å². The van der Waals surface area contributed by atoms with Gasteiger partial charge in [-0.05, 0) is 55.9 Å². The van der Waals surface area contributed by atoms with Crippen LogP contribution in [0.2, 0.25) is 0 Å². The van der Waals surface area contributed by atoms with E-state index in [1.54, 1.807) is 42.6 Å². The van der Waals surface area contributed by atoms with E-state index >= 15 is 0 Å². The predicted octanol–water partition coefficient (Wildman–Crippen LogP) is 2.61. The third-order valence-corrected chi connectivity index (χ3v) is 3.77. The second-order valence-electron chi connectivity index (χ2n) is 5.84. The molecule has 0 unspecified atom stereocenters. The zero-order valence-corrected chi connectivity index (χ0v) is 16.5. The van der Waals surface area contributed by atoms with E-state index in [0.29, 0.717) is 22.9 Å². The number of anilines is 1. The molecule has 28 heavy (non-hydrogen) atoms. The lowest BCUT2D eigenvalue weighted by molar-refractivity contribution is -0.119. The van der Waals surface area contributed by atoms with Crippen LogP contribution in [0.4, 0.5) is 5.69 Å². The minimum absolute atomic E-state index is 0.344. The van der Waals surface area contributed by atoms with Gasteiger partial charge in [0.25, 0.3) is 5.91 Å². The molecule has 0 spiro atoms. The molecule has 0 aliphatic rings. The number of carbonyl (C=O) groups is 2. The van der Waals surface area contributed by atoms with Crippen LogP contribution in [0.15, 0.2) is 53.6 Å². The number of carbonyl (C=O) groups excluding carboxylic acids is 2. The number of hydrazone groups is 1. The summed E-state index contributed by atoms with van der Waals surface area (Å²) in [6, 6.07) is 14.0. The third kappa shape index (κ3) is 7.16. The van der Waals surface area contributed by atoms with Crippen LogP contribution in [0.5, 0.6) is 0 Å². The first-order valence-corrected chi connectivity index (χ1v) is 9.09. The van der Waals surface area contributed by atoms with Crippen molar-refractivity contribution in [1.82, 2.24) is 10.7 Å². The number of benzene rings is 2. The van der Waals surface area contributed by atoms with Crippen LogP contribution in [-0.2, 0) is 9.53 Å². The van der Waals surface area contributed by atoms with Crippen LogP contribution in [0.3, 0.4) is 0 Å². The molecule has 2 aromatic rings. The lowest BCUT2D eigenvalue weighted by atomic mass is 10.1. The summed E-state index contributed by atoms with van der Waals surface area (Å²) < 4.78 is 5.04. The first kappa shape index (κ1) is 21.0. The Labute approximate surface area is 169 Å². The molecule has 0 heterocycles. The van der Waals surface area contributed by atoms with Crippen molar-refractivity contribution < 1.29 is 14.3 Å². The standard InChI is InChI=1S/C20H22N4O3S/c1-3-21-20(28)24-22-12-15-6-8-16(9-7-15)19(26)27-13-18(25)23-17-10-4-14(2)5-11-17/h4-12H,3,13H2,1-2H3,(H,23,25)(H2,21,24,28)/b22-12+. The normalized spacial score (nSPS) is 10.4. The van der Waals surface area contributed by atoms with Gasteiger partial charge in [0.1, 0.15) is 0 Å². The number of nitrogens with one attached hydrogen (secondary N) is 3. The van der Waals surface area contributed by atoms with Crippen LogP contribution in [0.25, 0.3) is 0 Å². The number of hydrogen-bond donors (Lipinski definition) is 3. The van der Waals surface area contributed by atoms with E-state index < -0.39 is 11.9 Å². The number of thiocarbonyl (C=S) groups is 1. The Hall–Kier alpha value is -3.26. The number of hydrogen-bond acceptors (Lipinski definition) is 5. The largest absolute Gasteiger partial charge is 0.452 e. The number of esters is 1. The van der Waals surface area contributed by atoms with E-state index in [2.05, 4.69) is 21.2 Å². The Bertz CT molecular complexity index is 849. The fourth-order valence-corrected chi connectivity index (χ4v) is 2.32. The summed E-state index contributed by atoms with van der Waals surface area (Å²) in [7, 11) is 0. The van der Waals surface area contributed by atoms with Gasteiger partial charge in [-0.3, -0.25) is 10.2 Å². The fourth-order valence-electron chi connectivity index (χ4n) is 2.12. The van der Waals surface area contributed by atoms with Crippen LogP contribution >= 0.6 is 12.2 Å². The molecular formula is C20H22N4O3S. The number of amides is 1. The summed E-state index contributed by atoms with van der Waals surface area (Å²) in [5.41, 5.74) is 5.54. The average Bonchev–Trinajstić information content (AvgIpc) is 2.69. The summed E-state index contributed by atoms with van der Waals surface area (Å²) in [6.07, 6.45) is 1.58. The van der Waals surface area contributed by atoms with Gasteiger partial charge >= 0.3 is 5.97 Å². The lowest BCUT2D eigenvalue weighted by Crippen LogP contribution is -2.31. The molecule has 0 aliphatic carbocycles. The van der Waals surface area contributed by atoms with E-state index in [-0.39, 0.29) is 6.61 Å². The topological polar surface area (TPSA) is 91.8 Å². The number of ether oxygens (including phenoxy) is 1. The molecule has 1 amide bonds. The Balaban J connectivity index is 1.80. The van der Waals surface area contributed by atoms with Gasteiger partial charge in [0.05, 0.1) is 11.8 Å². The predicted molar refractivity (Wildman–Crippen MR) is 114 cm³/mol. The van der Waals surface area contributed by atoms with Crippen LogP contribution in [0.1, 0.15) is 28.4 Å². The molecule has 2 aromatic carbocycles. The van der Waals surface area contributed by atoms with Crippen LogP contribution in [0, 0.1) is 6.92 Å². The van der Waals surface area contributed by atoms with Gasteiger partial charge < -0.3 is 15.4 Å². The molecule has 0 aromatic heterocycles. The highest BCUT2D eigenvalue weighted by Crippen LogP contribution is 2.09. The first-order chi connectivity index (χ1) is 13.5. The smallest absolute Gasteiger partial charge is 0.338 e. The molecule has 0 bridgehead atoms. The average molecular weight is 398 g/mol. The van der Waals surface area contributed by atoms with Crippen molar-refractivity contribution in [1.29, 1.82) is 0 Å². The molecule has 7 nitrogen and oxygen atoms in total. The summed E-state index contributed by atoms with van der Waals surface area (Å²) in [6.45, 7) is 4.24. The number of rotatable bonds is 7. The Morgan fingerprint density at radius 3 is 2.43 bits per heavy atom. The fraction of sp³-hybridized carbons (Fsp3) is 0.200. The molecule has 0 radical (unpaired) electrons. The summed E-state index contributed by atoms with van der Waals surface area (Å²) in [5, 5.41) is 10.0. The molecule has 146 valence electrons. The van der Waals surface area contributed by atoms with Gasteiger partial charge in [-0.15, -0.1) is 0 Å².